The first-order valence-electron chi connectivity index (χ1n) is 6.18. The second kappa shape index (κ2) is 4.46. The number of fused-ring (bicyclic) bond motifs is 1. The Hall–Kier alpha value is -1.81. The van der Waals surface area contributed by atoms with Crippen molar-refractivity contribution >= 4 is 16.7 Å². The third-order valence-electron chi connectivity index (χ3n) is 3.32. The van der Waals surface area contributed by atoms with Crippen LogP contribution in [0.2, 0.25) is 0 Å². The lowest BCUT2D eigenvalue weighted by Crippen LogP contribution is -2.44. The Kier molecular flexibility index (Phi) is 2.80. The van der Waals surface area contributed by atoms with Crippen molar-refractivity contribution in [2.75, 3.05) is 24.7 Å². The minimum atomic E-state index is 0.275. The predicted molar refractivity (Wildman–Crippen MR) is 71.0 cm³/mol. The van der Waals surface area contributed by atoms with Gasteiger partial charge in [0.2, 0.25) is 0 Å². The molecule has 0 amide bonds. The first kappa shape index (κ1) is 11.3. The normalized spacial score (nSPS) is 20.3. The SMILES string of the molecule is CC1COCCN1c1ccc2cc(O)ccc2n1. The minimum Gasteiger partial charge on any atom is -0.508 e. The van der Waals surface area contributed by atoms with Crippen LogP contribution < -0.4 is 4.90 Å². The highest BCUT2D eigenvalue weighted by molar-refractivity contribution is 5.81. The number of pyridine rings is 1. The zero-order chi connectivity index (χ0) is 12.5. The van der Waals surface area contributed by atoms with Crippen LogP contribution >= 0.6 is 0 Å². The van der Waals surface area contributed by atoms with Crippen molar-refractivity contribution in [3.8, 4) is 5.75 Å². The average Bonchev–Trinajstić information content (AvgIpc) is 2.39. The molecule has 1 N–H and O–H groups in total. The van der Waals surface area contributed by atoms with E-state index in [0.717, 1.165) is 36.5 Å². The number of phenolic OH excluding ortho intramolecular Hbond substituents is 1. The number of aromatic nitrogens is 1. The highest BCUT2D eigenvalue weighted by atomic mass is 16.5. The van der Waals surface area contributed by atoms with E-state index >= 15 is 0 Å². The zero-order valence-electron chi connectivity index (χ0n) is 10.3. The largest absolute Gasteiger partial charge is 0.508 e. The number of nitrogens with zero attached hydrogens (tertiary/aromatic N) is 2. The first-order chi connectivity index (χ1) is 8.74. The van der Waals surface area contributed by atoms with Gasteiger partial charge >= 0.3 is 0 Å². The van der Waals surface area contributed by atoms with Gasteiger partial charge in [-0.2, -0.15) is 0 Å². The zero-order valence-corrected chi connectivity index (χ0v) is 10.3. The number of morpholine rings is 1. The summed E-state index contributed by atoms with van der Waals surface area (Å²) < 4.78 is 5.43. The van der Waals surface area contributed by atoms with E-state index in [9.17, 15) is 5.11 Å². The van der Waals surface area contributed by atoms with Crippen molar-refractivity contribution in [2.45, 2.75) is 13.0 Å². The molecule has 2 heterocycles. The van der Waals surface area contributed by atoms with E-state index in [1.54, 1.807) is 12.1 Å². The van der Waals surface area contributed by atoms with Crippen LogP contribution in [-0.4, -0.2) is 35.9 Å². The predicted octanol–water partition coefficient (Wildman–Crippen LogP) is 2.17. The number of ether oxygens (including phenoxy) is 1. The van der Waals surface area contributed by atoms with Crippen molar-refractivity contribution in [1.29, 1.82) is 0 Å². The second-order valence-electron chi connectivity index (χ2n) is 4.66. The summed E-state index contributed by atoms with van der Waals surface area (Å²) >= 11 is 0. The van der Waals surface area contributed by atoms with Gasteiger partial charge in [0.15, 0.2) is 0 Å². The van der Waals surface area contributed by atoms with Gasteiger partial charge in [0, 0.05) is 11.9 Å². The summed E-state index contributed by atoms with van der Waals surface area (Å²) in [6.07, 6.45) is 0. The van der Waals surface area contributed by atoms with Gasteiger partial charge in [0.1, 0.15) is 11.6 Å². The van der Waals surface area contributed by atoms with Gasteiger partial charge < -0.3 is 14.7 Å². The van der Waals surface area contributed by atoms with Gasteiger partial charge in [0.25, 0.3) is 0 Å². The van der Waals surface area contributed by atoms with Crippen molar-refractivity contribution in [2.24, 2.45) is 0 Å². The molecule has 2 aromatic rings. The molecule has 1 fully saturated rings. The molecular weight excluding hydrogens is 228 g/mol. The number of phenols is 1. The molecule has 0 radical (unpaired) electrons. The Morgan fingerprint density at radius 1 is 1.33 bits per heavy atom. The summed E-state index contributed by atoms with van der Waals surface area (Å²) in [7, 11) is 0. The Bertz CT molecular complexity index is 571. The van der Waals surface area contributed by atoms with Crippen molar-refractivity contribution in [3.63, 3.8) is 0 Å². The molecule has 0 aliphatic carbocycles. The molecule has 1 aliphatic heterocycles. The monoisotopic (exact) mass is 244 g/mol. The van der Waals surface area contributed by atoms with E-state index in [4.69, 9.17) is 4.74 Å². The molecule has 1 unspecified atom stereocenters. The van der Waals surface area contributed by atoms with Crippen molar-refractivity contribution in [1.82, 2.24) is 4.98 Å². The van der Waals surface area contributed by atoms with E-state index in [1.807, 2.05) is 18.2 Å². The summed E-state index contributed by atoms with van der Waals surface area (Å²) in [4.78, 5) is 6.91. The van der Waals surface area contributed by atoms with E-state index < -0.39 is 0 Å². The highest BCUT2D eigenvalue weighted by Crippen LogP contribution is 2.23. The third kappa shape index (κ3) is 1.99. The van der Waals surface area contributed by atoms with Gasteiger partial charge in [-0.05, 0) is 37.3 Å². The Morgan fingerprint density at radius 2 is 2.22 bits per heavy atom. The molecule has 3 rings (SSSR count). The van der Waals surface area contributed by atoms with Crippen LogP contribution in [0.5, 0.6) is 5.75 Å². The molecule has 1 aromatic heterocycles. The maximum atomic E-state index is 9.44. The van der Waals surface area contributed by atoms with Gasteiger partial charge in [-0.15, -0.1) is 0 Å². The topological polar surface area (TPSA) is 45.6 Å². The lowest BCUT2D eigenvalue weighted by molar-refractivity contribution is 0.0986. The Balaban J connectivity index is 1.99. The highest BCUT2D eigenvalue weighted by Gasteiger charge is 2.20. The Labute approximate surface area is 106 Å². The van der Waals surface area contributed by atoms with Crippen LogP contribution in [0.15, 0.2) is 30.3 Å². The second-order valence-corrected chi connectivity index (χ2v) is 4.66. The van der Waals surface area contributed by atoms with Crippen LogP contribution in [-0.2, 0) is 4.74 Å². The van der Waals surface area contributed by atoms with Gasteiger partial charge in [-0.3, -0.25) is 0 Å². The van der Waals surface area contributed by atoms with Crippen LogP contribution in [0.25, 0.3) is 10.9 Å². The number of rotatable bonds is 1. The molecule has 94 valence electrons. The van der Waals surface area contributed by atoms with Crippen molar-refractivity contribution in [3.05, 3.63) is 30.3 Å². The maximum Gasteiger partial charge on any atom is 0.129 e. The number of hydrogen-bond donors (Lipinski definition) is 1. The fourth-order valence-corrected chi connectivity index (χ4v) is 2.33. The standard InChI is InChI=1S/C14H16N2O2/c1-10-9-18-7-6-16(10)14-5-2-11-8-12(17)3-4-13(11)15-14/h2-5,8,10,17H,6-7,9H2,1H3. The molecule has 1 saturated heterocycles. The summed E-state index contributed by atoms with van der Waals surface area (Å²) in [6.45, 7) is 4.51. The van der Waals surface area contributed by atoms with E-state index in [-0.39, 0.29) is 5.75 Å². The molecule has 1 aliphatic rings. The third-order valence-corrected chi connectivity index (χ3v) is 3.32. The average molecular weight is 244 g/mol. The number of hydrogen-bond acceptors (Lipinski definition) is 4. The van der Waals surface area contributed by atoms with Gasteiger partial charge in [0.05, 0.1) is 24.8 Å². The molecular formula is C14H16N2O2. The summed E-state index contributed by atoms with van der Waals surface area (Å²) in [5.74, 6) is 1.25. The molecule has 1 aromatic carbocycles. The lowest BCUT2D eigenvalue weighted by atomic mass is 10.2. The van der Waals surface area contributed by atoms with Gasteiger partial charge in [-0.1, -0.05) is 0 Å². The van der Waals surface area contributed by atoms with E-state index in [0.29, 0.717) is 6.04 Å². The molecule has 18 heavy (non-hydrogen) atoms. The molecule has 0 saturated carbocycles. The number of aromatic hydroxyl groups is 1. The fourth-order valence-electron chi connectivity index (χ4n) is 2.33. The van der Waals surface area contributed by atoms with E-state index in [2.05, 4.69) is 16.8 Å². The Morgan fingerprint density at radius 3 is 3.06 bits per heavy atom. The van der Waals surface area contributed by atoms with Gasteiger partial charge in [-0.25, -0.2) is 4.98 Å². The number of anilines is 1. The minimum absolute atomic E-state index is 0.275. The molecule has 0 spiro atoms. The first-order valence-corrected chi connectivity index (χ1v) is 6.18. The van der Waals surface area contributed by atoms with Crippen molar-refractivity contribution < 1.29 is 9.84 Å². The smallest absolute Gasteiger partial charge is 0.129 e. The summed E-state index contributed by atoms with van der Waals surface area (Å²) in [6, 6.07) is 9.60. The molecule has 4 nitrogen and oxygen atoms in total. The van der Waals surface area contributed by atoms with Crippen LogP contribution in [0.4, 0.5) is 5.82 Å². The number of benzene rings is 1. The molecule has 4 heteroatoms. The van der Waals surface area contributed by atoms with E-state index in [1.165, 1.54) is 0 Å². The summed E-state index contributed by atoms with van der Waals surface area (Å²) in [5, 5.41) is 10.4. The maximum absolute atomic E-state index is 9.44. The molecule has 0 bridgehead atoms. The van der Waals surface area contributed by atoms with Crippen LogP contribution in [0.1, 0.15) is 6.92 Å². The fraction of sp³-hybridized carbons (Fsp3) is 0.357. The molecule has 1 atom stereocenters. The quantitative estimate of drug-likeness (QED) is 0.835. The summed E-state index contributed by atoms with van der Waals surface area (Å²) in [5.41, 5.74) is 0.906. The van der Waals surface area contributed by atoms with Crippen LogP contribution in [0.3, 0.4) is 0 Å². The lowest BCUT2D eigenvalue weighted by Gasteiger charge is -2.34. The van der Waals surface area contributed by atoms with Crippen LogP contribution in [0, 0.1) is 0 Å².